The van der Waals surface area contributed by atoms with E-state index in [2.05, 4.69) is 20.3 Å². The average molecular weight is 424 g/mol. The molecule has 0 saturated heterocycles. The molecule has 0 atom stereocenters. The third kappa shape index (κ3) is 6.51. The number of carbonyl (C=O) groups is 1. The van der Waals surface area contributed by atoms with Gasteiger partial charge in [-0.3, -0.25) is 9.36 Å². The molecule has 0 fully saturated rings. The quantitative estimate of drug-likeness (QED) is 0.481. The highest BCUT2D eigenvalue weighted by molar-refractivity contribution is 5.81. The summed E-state index contributed by atoms with van der Waals surface area (Å²) in [5.74, 6) is 1.96. The Balaban J connectivity index is 1.63. The lowest BCUT2D eigenvalue weighted by atomic mass is 10.1. The van der Waals surface area contributed by atoms with E-state index >= 15 is 0 Å². The fourth-order valence-electron chi connectivity index (χ4n) is 3.12. The number of hydrogen-bond donors (Lipinski definition) is 2. The van der Waals surface area contributed by atoms with Crippen LogP contribution in [0.2, 0.25) is 0 Å². The van der Waals surface area contributed by atoms with Crippen molar-refractivity contribution in [2.24, 2.45) is 5.73 Å². The minimum absolute atomic E-state index is 0.0639. The second-order valence-corrected chi connectivity index (χ2v) is 7.15. The number of nitrogens with zero attached hydrogens (tertiary/aromatic N) is 5. The molecule has 0 unspecified atom stereocenters. The highest BCUT2D eigenvalue weighted by Gasteiger charge is 2.15. The van der Waals surface area contributed by atoms with Gasteiger partial charge in [0.05, 0.1) is 13.7 Å². The maximum atomic E-state index is 12.6. The van der Waals surface area contributed by atoms with Crippen LogP contribution in [0.4, 0.5) is 5.82 Å². The van der Waals surface area contributed by atoms with Crippen molar-refractivity contribution in [3.8, 4) is 11.7 Å². The molecule has 31 heavy (non-hydrogen) atoms. The first-order chi connectivity index (χ1) is 15.1. The van der Waals surface area contributed by atoms with E-state index in [0.717, 1.165) is 29.8 Å². The Labute approximate surface area is 182 Å². The van der Waals surface area contributed by atoms with E-state index in [-0.39, 0.29) is 12.5 Å². The molecule has 164 valence electrons. The van der Waals surface area contributed by atoms with E-state index < -0.39 is 0 Å². The Kier molecular flexibility index (Phi) is 7.94. The number of benzene rings is 1. The fraction of sp³-hybridized carbons (Fsp3) is 0.364. The van der Waals surface area contributed by atoms with Gasteiger partial charge in [0.15, 0.2) is 0 Å². The summed E-state index contributed by atoms with van der Waals surface area (Å²) in [6.45, 7) is 3.82. The minimum atomic E-state index is -0.0639. The number of carbonyl (C=O) groups excluding carboxylic acids is 1. The summed E-state index contributed by atoms with van der Waals surface area (Å²) < 4.78 is 6.91. The maximum Gasteiger partial charge on any atom is 0.239 e. The third-order valence-electron chi connectivity index (χ3n) is 4.75. The van der Waals surface area contributed by atoms with Gasteiger partial charge in [-0.1, -0.05) is 12.1 Å². The van der Waals surface area contributed by atoms with E-state index in [1.165, 1.54) is 0 Å². The summed E-state index contributed by atoms with van der Waals surface area (Å²) >= 11 is 0. The van der Waals surface area contributed by atoms with Crippen LogP contribution in [0.1, 0.15) is 17.7 Å². The van der Waals surface area contributed by atoms with Crippen LogP contribution in [0.5, 0.6) is 5.75 Å². The van der Waals surface area contributed by atoms with Crippen molar-refractivity contribution in [3.05, 3.63) is 60.3 Å². The Morgan fingerprint density at radius 1 is 1.26 bits per heavy atom. The van der Waals surface area contributed by atoms with E-state index in [4.69, 9.17) is 10.5 Å². The van der Waals surface area contributed by atoms with Crippen LogP contribution in [0, 0.1) is 6.92 Å². The molecule has 0 spiro atoms. The number of ether oxygens (including phenoxy) is 1. The number of nitrogens with two attached hydrogens (primary N) is 1. The number of aryl methyl sites for hydroxylation is 1. The van der Waals surface area contributed by atoms with Gasteiger partial charge in [-0.25, -0.2) is 9.97 Å². The van der Waals surface area contributed by atoms with Crippen LogP contribution in [0.25, 0.3) is 5.95 Å². The lowest BCUT2D eigenvalue weighted by Crippen LogP contribution is -2.39. The van der Waals surface area contributed by atoms with Crippen molar-refractivity contribution in [2.75, 3.05) is 38.2 Å². The molecule has 2 heterocycles. The zero-order valence-corrected chi connectivity index (χ0v) is 18.0. The predicted octanol–water partition coefficient (Wildman–Crippen LogP) is 1.49. The van der Waals surface area contributed by atoms with Crippen molar-refractivity contribution in [1.29, 1.82) is 0 Å². The maximum absolute atomic E-state index is 12.6. The SMILES string of the molecule is COc1ccc(CCNC(=O)CN(CCCN)c2cc(C)nc(-n3ccnc3)n2)cc1. The molecule has 0 radical (unpaired) electrons. The number of hydrogen-bond acceptors (Lipinski definition) is 7. The van der Waals surface area contributed by atoms with Gasteiger partial charge in [-0.15, -0.1) is 0 Å². The predicted molar refractivity (Wildman–Crippen MR) is 119 cm³/mol. The van der Waals surface area contributed by atoms with Crippen molar-refractivity contribution < 1.29 is 9.53 Å². The fourth-order valence-corrected chi connectivity index (χ4v) is 3.12. The average Bonchev–Trinajstić information content (AvgIpc) is 3.32. The Morgan fingerprint density at radius 2 is 2.06 bits per heavy atom. The molecular weight excluding hydrogens is 394 g/mol. The topological polar surface area (TPSA) is 111 Å². The van der Waals surface area contributed by atoms with Gasteiger partial charge in [-0.05, 0) is 44.0 Å². The Bertz CT molecular complexity index is 959. The van der Waals surface area contributed by atoms with Gasteiger partial charge in [0.25, 0.3) is 0 Å². The molecule has 3 rings (SSSR count). The van der Waals surface area contributed by atoms with E-state index in [1.54, 1.807) is 30.4 Å². The van der Waals surface area contributed by atoms with Crippen LogP contribution in [0.15, 0.2) is 49.1 Å². The molecule has 3 N–H and O–H groups in total. The zero-order chi connectivity index (χ0) is 22.1. The number of anilines is 1. The van der Waals surface area contributed by atoms with Crippen LogP contribution in [-0.4, -0.2) is 58.7 Å². The summed E-state index contributed by atoms with van der Waals surface area (Å²) in [6, 6.07) is 9.71. The molecule has 0 aliphatic heterocycles. The summed E-state index contributed by atoms with van der Waals surface area (Å²) in [5, 5.41) is 2.99. The number of imidazole rings is 1. The third-order valence-corrected chi connectivity index (χ3v) is 4.75. The first-order valence-electron chi connectivity index (χ1n) is 10.3. The number of amides is 1. The molecule has 2 aromatic heterocycles. The summed E-state index contributed by atoms with van der Waals surface area (Å²) in [5.41, 5.74) is 7.65. The first kappa shape index (κ1) is 22.2. The smallest absolute Gasteiger partial charge is 0.239 e. The van der Waals surface area contributed by atoms with Crippen LogP contribution < -0.4 is 20.7 Å². The second kappa shape index (κ2) is 11.1. The molecule has 0 bridgehead atoms. The molecule has 3 aromatic rings. The lowest BCUT2D eigenvalue weighted by Gasteiger charge is -2.23. The number of aromatic nitrogens is 4. The number of rotatable bonds is 11. The van der Waals surface area contributed by atoms with Crippen molar-refractivity contribution in [3.63, 3.8) is 0 Å². The van der Waals surface area contributed by atoms with Crippen molar-refractivity contribution >= 4 is 11.7 Å². The number of nitrogens with one attached hydrogen (secondary N) is 1. The first-order valence-corrected chi connectivity index (χ1v) is 10.3. The Hall–Kier alpha value is -3.46. The lowest BCUT2D eigenvalue weighted by molar-refractivity contribution is -0.119. The van der Waals surface area contributed by atoms with Gasteiger partial charge in [-0.2, -0.15) is 4.98 Å². The van der Waals surface area contributed by atoms with Gasteiger partial charge < -0.3 is 20.7 Å². The summed E-state index contributed by atoms with van der Waals surface area (Å²) in [4.78, 5) is 27.7. The Morgan fingerprint density at radius 3 is 2.74 bits per heavy atom. The molecule has 9 nitrogen and oxygen atoms in total. The molecule has 0 aliphatic carbocycles. The minimum Gasteiger partial charge on any atom is -0.497 e. The standard InChI is InChI=1S/C22H29N7O2/c1-17-14-20(27-22(26-17)29-13-11-24-16-29)28(12-3-9-23)15-21(30)25-10-8-18-4-6-19(31-2)7-5-18/h4-7,11,13-14,16H,3,8-10,12,15,23H2,1-2H3,(H,25,30). The molecule has 9 heteroatoms. The van der Waals surface area contributed by atoms with E-state index in [0.29, 0.717) is 31.4 Å². The molecule has 1 amide bonds. The van der Waals surface area contributed by atoms with Crippen LogP contribution >= 0.6 is 0 Å². The van der Waals surface area contributed by atoms with E-state index in [9.17, 15) is 4.79 Å². The van der Waals surface area contributed by atoms with Gasteiger partial charge in [0, 0.05) is 37.2 Å². The zero-order valence-electron chi connectivity index (χ0n) is 18.0. The number of methoxy groups -OCH3 is 1. The molecule has 0 saturated carbocycles. The van der Waals surface area contributed by atoms with Gasteiger partial charge in [0.2, 0.25) is 11.9 Å². The second-order valence-electron chi connectivity index (χ2n) is 7.15. The summed E-state index contributed by atoms with van der Waals surface area (Å²) in [6.07, 6.45) is 6.61. The van der Waals surface area contributed by atoms with Crippen LogP contribution in [0.3, 0.4) is 0 Å². The van der Waals surface area contributed by atoms with Gasteiger partial charge >= 0.3 is 0 Å². The van der Waals surface area contributed by atoms with Crippen molar-refractivity contribution in [1.82, 2.24) is 24.8 Å². The van der Waals surface area contributed by atoms with Crippen molar-refractivity contribution in [2.45, 2.75) is 19.8 Å². The van der Waals surface area contributed by atoms with Gasteiger partial charge in [0.1, 0.15) is 17.9 Å². The molecular formula is C22H29N7O2. The summed E-state index contributed by atoms with van der Waals surface area (Å²) in [7, 11) is 1.64. The molecule has 0 aliphatic rings. The normalized spacial score (nSPS) is 10.7. The highest BCUT2D eigenvalue weighted by Crippen LogP contribution is 2.15. The monoisotopic (exact) mass is 423 g/mol. The van der Waals surface area contributed by atoms with E-state index in [1.807, 2.05) is 42.2 Å². The highest BCUT2D eigenvalue weighted by atomic mass is 16.5. The molecule has 1 aromatic carbocycles. The largest absolute Gasteiger partial charge is 0.497 e. The van der Waals surface area contributed by atoms with Crippen LogP contribution in [-0.2, 0) is 11.2 Å².